The molecular formula is C19H21ClN2O5S. The number of ether oxygens (including phenoxy) is 1. The van der Waals surface area contributed by atoms with E-state index in [1.165, 1.54) is 19.2 Å². The number of carbonyl (C=O) groups excluding carboxylic acids is 2. The Bertz CT molecular complexity index is 948. The Morgan fingerprint density at radius 2 is 1.82 bits per heavy atom. The summed E-state index contributed by atoms with van der Waals surface area (Å²) in [5.74, 6) is -1.24. The molecule has 2 rings (SSSR count). The van der Waals surface area contributed by atoms with E-state index in [1.807, 2.05) is 37.3 Å². The van der Waals surface area contributed by atoms with Gasteiger partial charge in [0.25, 0.3) is 5.91 Å². The molecule has 0 radical (unpaired) electrons. The van der Waals surface area contributed by atoms with Gasteiger partial charge >= 0.3 is 5.97 Å². The number of hydrogen-bond acceptors (Lipinski definition) is 5. The van der Waals surface area contributed by atoms with Gasteiger partial charge in [-0.2, -0.15) is 0 Å². The molecule has 2 aromatic rings. The van der Waals surface area contributed by atoms with Gasteiger partial charge in [0, 0.05) is 13.1 Å². The van der Waals surface area contributed by atoms with Crippen molar-refractivity contribution < 1.29 is 22.7 Å². The summed E-state index contributed by atoms with van der Waals surface area (Å²) >= 11 is 5.99. The van der Waals surface area contributed by atoms with Gasteiger partial charge in [0.2, 0.25) is 10.0 Å². The summed E-state index contributed by atoms with van der Waals surface area (Å²) in [4.78, 5) is 26.1. The Labute approximate surface area is 169 Å². The first-order valence-electron chi connectivity index (χ1n) is 8.50. The van der Waals surface area contributed by atoms with E-state index in [9.17, 15) is 18.0 Å². The zero-order chi connectivity index (χ0) is 20.7. The highest BCUT2D eigenvalue weighted by atomic mass is 35.5. The number of benzene rings is 2. The van der Waals surface area contributed by atoms with E-state index in [0.29, 0.717) is 13.1 Å². The van der Waals surface area contributed by atoms with Gasteiger partial charge in [0.05, 0.1) is 15.5 Å². The molecule has 0 spiro atoms. The SMILES string of the molecule is CCN(Cc1ccccc1)C(=O)COC(=O)c1cc(S(=O)(=O)NC)ccc1Cl. The summed E-state index contributed by atoms with van der Waals surface area (Å²) in [6.07, 6.45) is 0. The summed E-state index contributed by atoms with van der Waals surface area (Å²) in [5, 5.41) is 0.0316. The highest BCUT2D eigenvalue weighted by Gasteiger charge is 2.20. The first kappa shape index (κ1) is 21.9. The summed E-state index contributed by atoms with van der Waals surface area (Å²) in [6, 6.07) is 13.1. The third-order valence-corrected chi connectivity index (χ3v) is 5.76. The third-order valence-electron chi connectivity index (χ3n) is 4.01. The summed E-state index contributed by atoms with van der Waals surface area (Å²) < 4.78 is 31.0. The number of likely N-dealkylation sites (N-methyl/N-ethyl adjacent to an activating group) is 1. The van der Waals surface area contributed by atoms with Crippen molar-refractivity contribution in [1.82, 2.24) is 9.62 Å². The molecule has 1 amide bonds. The fraction of sp³-hybridized carbons (Fsp3) is 0.263. The molecule has 0 atom stereocenters. The molecule has 150 valence electrons. The van der Waals surface area contributed by atoms with Crippen molar-refractivity contribution in [2.24, 2.45) is 0 Å². The van der Waals surface area contributed by atoms with Crippen LogP contribution >= 0.6 is 11.6 Å². The number of amides is 1. The summed E-state index contributed by atoms with van der Waals surface area (Å²) in [6.45, 7) is 2.19. The average molecular weight is 425 g/mol. The van der Waals surface area contributed by atoms with Crippen LogP contribution in [-0.4, -0.2) is 45.4 Å². The molecule has 0 aromatic heterocycles. The molecule has 0 aliphatic rings. The van der Waals surface area contributed by atoms with Crippen LogP contribution in [0.1, 0.15) is 22.8 Å². The molecule has 0 fully saturated rings. The van der Waals surface area contributed by atoms with Gasteiger partial charge in [-0.25, -0.2) is 17.9 Å². The van der Waals surface area contributed by atoms with Crippen LogP contribution in [0.15, 0.2) is 53.4 Å². The lowest BCUT2D eigenvalue weighted by Crippen LogP contribution is -2.34. The molecule has 0 aliphatic heterocycles. The Morgan fingerprint density at radius 1 is 1.14 bits per heavy atom. The van der Waals surface area contributed by atoms with E-state index in [-0.39, 0.29) is 21.4 Å². The number of rotatable bonds is 8. The molecule has 0 saturated heterocycles. The number of nitrogens with one attached hydrogen (secondary N) is 1. The normalized spacial score (nSPS) is 11.1. The van der Waals surface area contributed by atoms with Crippen LogP contribution < -0.4 is 4.72 Å². The fourth-order valence-corrected chi connectivity index (χ4v) is 3.37. The lowest BCUT2D eigenvalue weighted by molar-refractivity contribution is -0.134. The maximum Gasteiger partial charge on any atom is 0.340 e. The predicted molar refractivity (Wildman–Crippen MR) is 106 cm³/mol. The minimum absolute atomic E-state index is 0.0316. The summed E-state index contributed by atoms with van der Waals surface area (Å²) in [7, 11) is -2.49. The van der Waals surface area contributed by atoms with Crippen LogP contribution in [0.25, 0.3) is 0 Å². The molecule has 28 heavy (non-hydrogen) atoms. The van der Waals surface area contributed by atoms with Crippen molar-refractivity contribution in [3.8, 4) is 0 Å². The highest BCUT2D eigenvalue weighted by molar-refractivity contribution is 7.89. The van der Waals surface area contributed by atoms with Crippen LogP contribution in [0.3, 0.4) is 0 Å². The van der Waals surface area contributed by atoms with Crippen molar-refractivity contribution >= 4 is 33.5 Å². The van der Waals surface area contributed by atoms with Gasteiger partial charge < -0.3 is 9.64 Å². The lowest BCUT2D eigenvalue weighted by atomic mass is 10.2. The third kappa shape index (κ3) is 5.54. The van der Waals surface area contributed by atoms with Gasteiger partial charge in [-0.15, -0.1) is 0 Å². The first-order chi connectivity index (χ1) is 13.3. The molecule has 7 nitrogen and oxygen atoms in total. The molecule has 0 aliphatic carbocycles. The van der Waals surface area contributed by atoms with Gasteiger partial charge in [0.1, 0.15) is 0 Å². The fourth-order valence-electron chi connectivity index (χ4n) is 2.42. The first-order valence-corrected chi connectivity index (χ1v) is 10.4. The molecule has 1 N–H and O–H groups in total. The van der Waals surface area contributed by atoms with Crippen LogP contribution in [0, 0.1) is 0 Å². The van der Waals surface area contributed by atoms with Gasteiger partial charge in [0.15, 0.2) is 6.61 Å². The Kier molecular flexibility index (Phi) is 7.56. The van der Waals surface area contributed by atoms with Crippen molar-refractivity contribution in [1.29, 1.82) is 0 Å². The summed E-state index contributed by atoms with van der Waals surface area (Å²) in [5.41, 5.74) is 0.828. The zero-order valence-corrected chi connectivity index (χ0v) is 17.1. The molecule has 0 bridgehead atoms. The number of esters is 1. The van der Waals surface area contributed by atoms with E-state index < -0.39 is 22.6 Å². The molecule has 0 unspecified atom stereocenters. The number of sulfonamides is 1. The zero-order valence-electron chi connectivity index (χ0n) is 15.5. The molecule has 2 aromatic carbocycles. The lowest BCUT2D eigenvalue weighted by Gasteiger charge is -2.21. The molecule has 0 saturated carbocycles. The van der Waals surface area contributed by atoms with Crippen molar-refractivity contribution in [2.45, 2.75) is 18.4 Å². The quantitative estimate of drug-likeness (QED) is 0.657. The second-order valence-electron chi connectivity index (χ2n) is 5.82. The van der Waals surface area contributed by atoms with Crippen LogP contribution in [0.4, 0.5) is 0 Å². The largest absolute Gasteiger partial charge is 0.452 e. The molecular weight excluding hydrogens is 404 g/mol. The maximum atomic E-state index is 12.4. The van der Waals surface area contributed by atoms with Crippen LogP contribution in [0.5, 0.6) is 0 Å². The number of nitrogens with zero attached hydrogens (tertiary/aromatic N) is 1. The van der Waals surface area contributed by atoms with Gasteiger partial charge in [-0.1, -0.05) is 41.9 Å². The van der Waals surface area contributed by atoms with E-state index >= 15 is 0 Å². The van der Waals surface area contributed by atoms with Crippen LogP contribution in [0.2, 0.25) is 5.02 Å². The smallest absolute Gasteiger partial charge is 0.340 e. The molecule has 9 heteroatoms. The standard InChI is InChI=1S/C19H21ClN2O5S/c1-3-22(12-14-7-5-4-6-8-14)18(23)13-27-19(24)16-11-15(9-10-17(16)20)28(25,26)21-2/h4-11,21H,3,12-13H2,1-2H3. The monoisotopic (exact) mass is 424 g/mol. The van der Waals surface area contributed by atoms with Gasteiger partial charge in [-0.05, 0) is 37.7 Å². The van der Waals surface area contributed by atoms with Crippen LogP contribution in [-0.2, 0) is 26.1 Å². The Hall–Kier alpha value is -2.42. The van der Waals surface area contributed by atoms with E-state index in [2.05, 4.69) is 4.72 Å². The molecule has 0 heterocycles. The van der Waals surface area contributed by atoms with Gasteiger partial charge in [-0.3, -0.25) is 4.79 Å². The second kappa shape index (κ2) is 9.68. The van der Waals surface area contributed by atoms with E-state index in [1.54, 1.807) is 4.90 Å². The number of hydrogen-bond donors (Lipinski definition) is 1. The van der Waals surface area contributed by atoms with E-state index in [0.717, 1.165) is 11.6 Å². The Morgan fingerprint density at radius 3 is 2.43 bits per heavy atom. The van der Waals surface area contributed by atoms with Crippen molar-refractivity contribution in [2.75, 3.05) is 20.2 Å². The Balaban J connectivity index is 2.06. The predicted octanol–water partition coefficient (Wildman–Crippen LogP) is 2.45. The average Bonchev–Trinajstić information content (AvgIpc) is 2.70. The minimum atomic E-state index is -3.75. The highest BCUT2D eigenvalue weighted by Crippen LogP contribution is 2.21. The number of carbonyl (C=O) groups is 2. The number of halogens is 1. The minimum Gasteiger partial charge on any atom is -0.452 e. The van der Waals surface area contributed by atoms with Crippen molar-refractivity contribution in [3.05, 3.63) is 64.7 Å². The maximum absolute atomic E-state index is 12.4. The van der Waals surface area contributed by atoms with Crippen molar-refractivity contribution in [3.63, 3.8) is 0 Å². The van der Waals surface area contributed by atoms with E-state index in [4.69, 9.17) is 16.3 Å². The second-order valence-corrected chi connectivity index (χ2v) is 8.11. The topological polar surface area (TPSA) is 92.8 Å².